The number of nitrogens with zero attached hydrogens (tertiary/aromatic N) is 1. The highest BCUT2D eigenvalue weighted by Gasteiger charge is 2.22. The Labute approximate surface area is 111 Å². The zero-order valence-corrected chi connectivity index (χ0v) is 13.4. The molecule has 0 aliphatic heterocycles. The van der Waals surface area contributed by atoms with Gasteiger partial charge in [0.25, 0.3) is 5.29 Å². The molecular weight excluding hydrogens is 260 g/mol. The average molecular weight is 279 g/mol. The highest BCUT2D eigenvalue weighted by molar-refractivity contribution is 7.90. The summed E-state index contributed by atoms with van der Waals surface area (Å²) in [6, 6.07) is 6.20. The molecule has 0 saturated heterocycles. The highest BCUT2D eigenvalue weighted by atomic mass is 31.8. The maximum atomic E-state index is 12.2. The fourth-order valence-electron chi connectivity index (χ4n) is 2.17. The van der Waals surface area contributed by atoms with Gasteiger partial charge in [0.15, 0.2) is 0 Å². The Kier molecular flexibility index (Phi) is 3.54. The summed E-state index contributed by atoms with van der Waals surface area (Å²) in [6.45, 7) is 10.7. The first kappa shape index (κ1) is 13.6. The predicted octanol–water partition coefficient (Wildman–Crippen LogP) is 4.36. The summed E-state index contributed by atoms with van der Waals surface area (Å²) >= 11 is 0. The lowest BCUT2D eigenvalue weighted by molar-refractivity contribution is 0.567. The number of benzene rings is 1. The molecule has 0 N–H and O–H groups in total. The predicted molar refractivity (Wildman–Crippen MR) is 82.2 cm³/mol. The van der Waals surface area contributed by atoms with Crippen LogP contribution in [0.5, 0.6) is 0 Å². The molecule has 0 bridgehead atoms. The normalized spacial score (nSPS) is 12.7. The zero-order valence-electron chi connectivity index (χ0n) is 11.5. The van der Waals surface area contributed by atoms with Gasteiger partial charge in [-0.3, -0.25) is 9.36 Å². The Morgan fingerprint density at radius 2 is 1.72 bits per heavy atom. The van der Waals surface area contributed by atoms with Gasteiger partial charge < -0.3 is 0 Å². The van der Waals surface area contributed by atoms with Gasteiger partial charge in [0.05, 0.1) is 11.1 Å². The lowest BCUT2D eigenvalue weighted by Crippen LogP contribution is -2.22. The first-order valence-electron chi connectivity index (χ1n) is 6.07. The average Bonchev–Trinajstić information content (AvgIpc) is 2.60. The summed E-state index contributed by atoms with van der Waals surface area (Å²) in [5.41, 5.74) is 4.70. The van der Waals surface area contributed by atoms with Crippen LogP contribution in [0.3, 0.4) is 0 Å². The summed E-state index contributed by atoms with van der Waals surface area (Å²) in [5, 5.41) is 0.249. The summed E-state index contributed by atoms with van der Waals surface area (Å²) in [6.07, 6.45) is 0. The molecule has 0 aliphatic carbocycles. The van der Waals surface area contributed by atoms with Crippen LogP contribution in [0.15, 0.2) is 23.0 Å². The van der Waals surface area contributed by atoms with Gasteiger partial charge in [0, 0.05) is 5.41 Å². The molecule has 2 aromatic rings. The van der Waals surface area contributed by atoms with Gasteiger partial charge in [-0.25, -0.2) is 0 Å². The number of hydrogen-bond donors (Lipinski definition) is 0. The molecule has 2 rings (SSSR count). The fraction of sp³-hybridized carbons (Fsp3) is 0.429. The van der Waals surface area contributed by atoms with E-state index in [-0.39, 0.29) is 10.7 Å². The third kappa shape index (κ3) is 2.32. The van der Waals surface area contributed by atoms with Crippen molar-refractivity contribution in [1.29, 1.82) is 0 Å². The standard InChI is InChI=1S/C14H19NOP2/c1-9-7-6-8-10(2)11(9)15-12(14(3,4)5)17-18-13(15)16/h6-8,18H,1-5H3. The number of para-hydroxylation sites is 1. The zero-order chi connectivity index (χ0) is 13.5. The second-order valence-electron chi connectivity index (χ2n) is 5.68. The topological polar surface area (TPSA) is 22.0 Å². The molecule has 2 nitrogen and oxygen atoms in total. The van der Waals surface area contributed by atoms with E-state index < -0.39 is 0 Å². The van der Waals surface area contributed by atoms with Crippen LogP contribution in [-0.2, 0) is 5.41 Å². The van der Waals surface area contributed by atoms with Gasteiger partial charge in [0.1, 0.15) is 0 Å². The van der Waals surface area contributed by atoms with E-state index >= 15 is 0 Å². The van der Waals surface area contributed by atoms with Crippen molar-refractivity contribution in [2.45, 2.75) is 40.0 Å². The van der Waals surface area contributed by atoms with Crippen molar-refractivity contribution in [2.75, 3.05) is 0 Å². The van der Waals surface area contributed by atoms with Crippen LogP contribution in [0.2, 0.25) is 0 Å². The van der Waals surface area contributed by atoms with E-state index in [0.29, 0.717) is 7.87 Å². The van der Waals surface area contributed by atoms with E-state index in [0.717, 1.165) is 5.69 Å². The van der Waals surface area contributed by atoms with Crippen LogP contribution in [0, 0.1) is 13.8 Å². The molecule has 0 radical (unpaired) electrons. The van der Waals surface area contributed by atoms with E-state index in [1.165, 1.54) is 24.4 Å². The lowest BCUT2D eigenvalue weighted by Gasteiger charge is -2.22. The van der Waals surface area contributed by atoms with Crippen molar-refractivity contribution < 1.29 is 0 Å². The highest BCUT2D eigenvalue weighted by Crippen LogP contribution is 2.36. The van der Waals surface area contributed by atoms with E-state index in [1.807, 2.05) is 10.6 Å². The molecule has 1 unspecified atom stereocenters. The van der Waals surface area contributed by atoms with Crippen molar-refractivity contribution in [3.63, 3.8) is 0 Å². The van der Waals surface area contributed by atoms with Gasteiger partial charge in [-0.15, -0.1) is 0 Å². The molecule has 0 amide bonds. The first-order valence-corrected chi connectivity index (χ1v) is 8.80. The van der Waals surface area contributed by atoms with Crippen LogP contribution in [0.4, 0.5) is 0 Å². The Hall–Kier alpha value is -0.840. The van der Waals surface area contributed by atoms with E-state index in [9.17, 15) is 4.79 Å². The van der Waals surface area contributed by atoms with Crippen LogP contribution in [0.1, 0.15) is 37.3 Å². The van der Waals surface area contributed by atoms with Crippen LogP contribution in [-0.4, -0.2) is 4.57 Å². The molecule has 4 heteroatoms. The smallest absolute Gasteiger partial charge is 0.272 e. The summed E-state index contributed by atoms with van der Waals surface area (Å²) < 4.78 is 1.96. The number of rotatable bonds is 1. The van der Waals surface area contributed by atoms with Gasteiger partial charge >= 0.3 is 0 Å². The minimum Gasteiger partial charge on any atom is -0.272 e. The van der Waals surface area contributed by atoms with E-state index in [2.05, 4.69) is 46.8 Å². The van der Waals surface area contributed by atoms with Crippen molar-refractivity contribution in [3.8, 4) is 5.69 Å². The van der Waals surface area contributed by atoms with E-state index in [4.69, 9.17) is 0 Å². The minimum absolute atomic E-state index is 0.0371. The maximum Gasteiger partial charge on any atom is 0.274 e. The molecular formula is C14H19NOP2. The molecule has 1 aromatic heterocycles. The van der Waals surface area contributed by atoms with Gasteiger partial charge in [-0.2, -0.15) is 0 Å². The molecule has 0 spiro atoms. The van der Waals surface area contributed by atoms with E-state index in [1.54, 1.807) is 0 Å². The summed E-state index contributed by atoms with van der Waals surface area (Å²) in [4.78, 5) is 12.2. The number of aromatic nitrogens is 1. The molecule has 0 saturated carbocycles. The Bertz CT molecular complexity index is 612. The monoisotopic (exact) mass is 279 g/mol. The Morgan fingerprint density at radius 1 is 1.17 bits per heavy atom. The minimum atomic E-state index is 0.0371. The van der Waals surface area contributed by atoms with Gasteiger partial charge in [-0.1, -0.05) is 39.0 Å². The molecule has 1 atom stereocenters. The Morgan fingerprint density at radius 3 is 2.22 bits per heavy atom. The van der Waals surface area contributed by atoms with Crippen LogP contribution in [0.25, 0.3) is 5.69 Å². The van der Waals surface area contributed by atoms with Crippen molar-refractivity contribution in [1.82, 2.24) is 4.57 Å². The third-order valence-corrected chi connectivity index (χ3v) is 6.16. The van der Waals surface area contributed by atoms with Crippen molar-refractivity contribution >= 4 is 15.7 Å². The van der Waals surface area contributed by atoms with Gasteiger partial charge in [0.2, 0.25) is 0 Å². The SMILES string of the molecule is Cc1cccc(C)c1-n1c(C(C)(C)C)p[pH]c1=O. The van der Waals surface area contributed by atoms with Crippen molar-refractivity contribution in [3.05, 3.63) is 44.8 Å². The summed E-state index contributed by atoms with van der Waals surface area (Å²) in [5.74, 6) is 0. The molecule has 1 heterocycles. The van der Waals surface area contributed by atoms with Crippen LogP contribution >= 0.6 is 15.7 Å². The fourth-order valence-corrected chi connectivity index (χ4v) is 5.62. The second kappa shape index (κ2) is 4.68. The molecule has 96 valence electrons. The number of aryl methyl sites for hydroxylation is 2. The lowest BCUT2D eigenvalue weighted by atomic mass is 9.97. The molecule has 18 heavy (non-hydrogen) atoms. The Balaban J connectivity index is 2.80. The largest absolute Gasteiger partial charge is 0.274 e. The maximum absolute atomic E-state index is 12.2. The number of hydrogen-bond acceptors (Lipinski definition) is 1. The van der Waals surface area contributed by atoms with Gasteiger partial charge in [-0.05, 0) is 40.7 Å². The summed E-state index contributed by atoms with van der Waals surface area (Å²) in [7, 11) is 1.53. The second-order valence-corrected chi connectivity index (χ2v) is 8.32. The molecule has 0 fully saturated rings. The quantitative estimate of drug-likeness (QED) is 0.760. The van der Waals surface area contributed by atoms with Crippen molar-refractivity contribution in [2.24, 2.45) is 0 Å². The molecule has 1 aromatic carbocycles. The third-order valence-electron chi connectivity index (χ3n) is 3.01. The first-order chi connectivity index (χ1) is 8.32. The molecule has 0 aliphatic rings. The van der Waals surface area contributed by atoms with Crippen LogP contribution < -0.4 is 5.29 Å².